The molecule has 1 fully saturated rings. The Bertz CT molecular complexity index is 875. The molecule has 0 radical (unpaired) electrons. The standard InChI is InChI=1S/C22H32N4O4/c1-22(2,3)30-21(28)25-14-7-5-13(6-8-14)18(23)20(27)15-11-12-24-16-9-10-17(29-4)26-19(15)16/h9-14,18,20,27H,5-8,23H2,1-4H3,(H,25,28)/t13?,14?,18-,20-/m1/s1. The molecule has 0 unspecified atom stereocenters. The lowest BCUT2D eigenvalue weighted by molar-refractivity contribution is 0.0472. The fraction of sp³-hybridized carbons (Fsp3) is 0.591. The first kappa shape index (κ1) is 22.2. The second kappa shape index (κ2) is 9.14. The summed E-state index contributed by atoms with van der Waals surface area (Å²) in [6.45, 7) is 5.53. The van der Waals surface area contributed by atoms with Crippen molar-refractivity contribution in [2.24, 2.45) is 11.7 Å². The first-order valence-corrected chi connectivity index (χ1v) is 10.4. The Morgan fingerprint density at radius 3 is 2.57 bits per heavy atom. The molecular formula is C22H32N4O4. The molecule has 8 nitrogen and oxygen atoms in total. The fourth-order valence-electron chi connectivity index (χ4n) is 3.97. The smallest absolute Gasteiger partial charge is 0.407 e. The van der Waals surface area contributed by atoms with Gasteiger partial charge in [0.05, 0.1) is 24.2 Å². The van der Waals surface area contributed by atoms with E-state index in [9.17, 15) is 9.90 Å². The summed E-state index contributed by atoms with van der Waals surface area (Å²) in [4.78, 5) is 20.8. The zero-order valence-electron chi connectivity index (χ0n) is 18.1. The molecule has 164 valence electrons. The van der Waals surface area contributed by atoms with Crippen LogP contribution in [0.1, 0.15) is 58.1 Å². The molecule has 1 amide bonds. The number of alkyl carbamates (subject to hydrolysis) is 1. The summed E-state index contributed by atoms with van der Waals surface area (Å²) in [6, 6.07) is 4.94. The van der Waals surface area contributed by atoms with E-state index in [4.69, 9.17) is 15.2 Å². The van der Waals surface area contributed by atoms with Gasteiger partial charge in [0.15, 0.2) is 0 Å². The predicted molar refractivity (Wildman–Crippen MR) is 114 cm³/mol. The maximum atomic E-state index is 12.0. The molecule has 2 aromatic heterocycles. The zero-order chi connectivity index (χ0) is 21.9. The lowest BCUT2D eigenvalue weighted by atomic mass is 9.79. The minimum atomic E-state index is -0.865. The van der Waals surface area contributed by atoms with Crippen molar-refractivity contribution in [2.45, 2.75) is 70.2 Å². The number of amides is 1. The number of aliphatic hydroxyl groups is 1. The third-order valence-corrected chi connectivity index (χ3v) is 5.52. The Labute approximate surface area is 177 Å². The maximum Gasteiger partial charge on any atom is 0.407 e. The molecule has 0 bridgehead atoms. The van der Waals surface area contributed by atoms with E-state index in [2.05, 4.69) is 15.3 Å². The van der Waals surface area contributed by atoms with E-state index in [1.54, 1.807) is 25.4 Å². The molecule has 8 heteroatoms. The van der Waals surface area contributed by atoms with Crippen LogP contribution in [0.5, 0.6) is 5.88 Å². The Balaban J connectivity index is 1.63. The Morgan fingerprint density at radius 1 is 1.23 bits per heavy atom. The molecule has 0 spiro atoms. The van der Waals surface area contributed by atoms with Crippen LogP contribution in [-0.4, -0.2) is 46.0 Å². The van der Waals surface area contributed by atoms with Crippen molar-refractivity contribution in [2.75, 3.05) is 7.11 Å². The number of methoxy groups -OCH3 is 1. The Morgan fingerprint density at radius 2 is 1.93 bits per heavy atom. The van der Waals surface area contributed by atoms with E-state index >= 15 is 0 Å². The zero-order valence-corrected chi connectivity index (χ0v) is 18.1. The summed E-state index contributed by atoms with van der Waals surface area (Å²) < 4.78 is 10.5. The van der Waals surface area contributed by atoms with Gasteiger partial charge in [0.1, 0.15) is 5.60 Å². The van der Waals surface area contributed by atoms with Crippen molar-refractivity contribution in [3.8, 4) is 5.88 Å². The molecule has 2 heterocycles. The first-order valence-electron chi connectivity index (χ1n) is 10.4. The predicted octanol–water partition coefficient (Wildman–Crippen LogP) is 3.08. The number of nitrogens with zero attached hydrogens (tertiary/aromatic N) is 2. The number of carbonyl (C=O) groups excluding carboxylic acids is 1. The van der Waals surface area contributed by atoms with Crippen LogP contribution in [0.2, 0.25) is 0 Å². The van der Waals surface area contributed by atoms with Crippen LogP contribution >= 0.6 is 0 Å². The van der Waals surface area contributed by atoms with Gasteiger partial charge in [-0.15, -0.1) is 0 Å². The Hall–Kier alpha value is -2.45. The van der Waals surface area contributed by atoms with Crippen molar-refractivity contribution in [3.05, 3.63) is 30.0 Å². The summed E-state index contributed by atoms with van der Waals surface area (Å²) in [5.74, 6) is 0.608. The van der Waals surface area contributed by atoms with E-state index < -0.39 is 23.8 Å². The molecule has 30 heavy (non-hydrogen) atoms. The number of fused-ring (bicyclic) bond motifs is 1. The second-order valence-corrected chi connectivity index (χ2v) is 8.90. The summed E-state index contributed by atoms with van der Waals surface area (Å²) in [6.07, 6.45) is 3.63. The average Bonchev–Trinajstić information content (AvgIpc) is 2.71. The van der Waals surface area contributed by atoms with Crippen molar-refractivity contribution in [1.29, 1.82) is 0 Å². The molecule has 2 atom stereocenters. The summed E-state index contributed by atoms with van der Waals surface area (Å²) in [5, 5.41) is 14.0. The van der Waals surface area contributed by atoms with Gasteiger partial charge in [-0.25, -0.2) is 9.78 Å². The third kappa shape index (κ3) is 5.37. The van der Waals surface area contributed by atoms with Gasteiger partial charge in [-0.1, -0.05) is 0 Å². The number of hydrogen-bond donors (Lipinski definition) is 3. The number of rotatable bonds is 5. The number of ether oxygens (including phenoxy) is 2. The second-order valence-electron chi connectivity index (χ2n) is 8.90. The number of nitrogens with two attached hydrogens (primary N) is 1. The average molecular weight is 417 g/mol. The van der Waals surface area contributed by atoms with Crippen LogP contribution in [0.3, 0.4) is 0 Å². The minimum absolute atomic E-state index is 0.0631. The molecule has 0 aliphatic heterocycles. The minimum Gasteiger partial charge on any atom is -0.481 e. The van der Waals surface area contributed by atoms with E-state index in [-0.39, 0.29) is 12.0 Å². The molecule has 1 aliphatic carbocycles. The monoisotopic (exact) mass is 416 g/mol. The van der Waals surface area contributed by atoms with Gasteiger partial charge in [0.2, 0.25) is 5.88 Å². The number of aliphatic hydroxyl groups excluding tert-OH is 1. The van der Waals surface area contributed by atoms with Gasteiger partial charge < -0.3 is 25.6 Å². The normalized spacial score (nSPS) is 21.7. The molecule has 0 aromatic carbocycles. The van der Waals surface area contributed by atoms with Crippen LogP contribution < -0.4 is 15.8 Å². The van der Waals surface area contributed by atoms with E-state index in [0.717, 1.165) is 25.7 Å². The lowest BCUT2D eigenvalue weighted by Crippen LogP contribution is -2.44. The molecular weight excluding hydrogens is 384 g/mol. The molecule has 1 saturated carbocycles. The lowest BCUT2D eigenvalue weighted by Gasteiger charge is -2.35. The van der Waals surface area contributed by atoms with Gasteiger partial charge in [0.25, 0.3) is 0 Å². The van der Waals surface area contributed by atoms with Crippen molar-refractivity contribution in [1.82, 2.24) is 15.3 Å². The van der Waals surface area contributed by atoms with Crippen molar-refractivity contribution < 1.29 is 19.4 Å². The molecule has 2 aromatic rings. The molecule has 4 N–H and O–H groups in total. The van der Waals surface area contributed by atoms with Crippen LogP contribution in [0.25, 0.3) is 11.0 Å². The highest BCUT2D eigenvalue weighted by molar-refractivity contribution is 5.78. The van der Waals surface area contributed by atoms with Gasteiger partial charge in [-0.3, -0.25) is 4.98 Å². The summed E-state index contributed by atoms with van der Waals surface area (Å²) >= 11 is 0. The summed E-state index contributed by atoms with van der Waals surface area (Å²) in [7, 11) is 1.55. The SMILES string of the molecule is COc1ccc2nccc([C@@H](O)[C@H](N)C3CCC(NC(=O)OC(C)(C)C)CC3)c2n1. The maximum absolute atomic E-state index is 12.0. The number of hydrogen-bond acceptors (Lipinski definition) is 7. The van der Waals surface area contributed by atoms with Gasteiger partial charge >= 0.3 is 6.09 Å². The number of pyridine rings is 2. The fourth-order valence-corrected chi connectivity index (χ4v) is 3.97. The van der Waals surface area contributed by atoms with Gasteiger partial charge in [0, 0.05) is 29.9 Å². The highest BCUT2D eigenvalue weighted by Crippen LogP contribution is 2.33. The van der Waals surface area contributed by atoms with Gasteiger partial charge in [-0.2, -0.15) is 0 Å². The molecule has 0 saturated heterocycles. The van der Waals surface area contributed by atoms with Crippen LogP contribution in [0, 0.1) is 5.92 Å². The largest absolute Gasteiger partial charge is 0.481 e. The van der Waals surface area contributed by atoms with Gasteiger partial charge in [-0.05, 0) is 64.5 Å². The van der Waals surface area contributed by atoms with Crippen LogP contribution in [0.15, 0.2) is 24.4 Å². The Kier molecular flexibility index (Phi) is 6.77. The van der Waals surface area contributed by atoms with Crippen LogP contribution in [0.4, 0.5) is 4.79 Å². The highest BCUT2D eigenvalue weighted by Gasteiger charge is 2.32. The first-order chi connectivity index (χ1) is 14.2. The number of aromatic nitrogens is 2. The quantitative estimate of drug-likeness (QED) is 0.685. The highest BCUT2D eigenvalue weighted by atomic mass is 16.6. The topological polar surface area (TPSA) is 120 Å². The van der Waals surface area contributed by atoms with Crippen molar-refractivity contribution >= 4 is 17.1 Å². The molecule has 1 aliphatic rings. The van der Waals surface area contributed by atoms with Crippen LogP contribution in [-0.2, 0) is 4.74 Å². The summed E-state index contributed by atoms with van der Waals surface area (Å²) in [5.41, 5.74) is 7.89. The van der Waals surface area contributed by atoms with Crippen molar-refractivity contribution in [3.63, 3.8) is 0 Å². The van der Waals surface area contributed by atoms with E-state index in [1.807, 2.05) is 26.8 Å². The number of carbonyl (C=O) groups is 1. The van der Waals surface area contributed by atoms with E-state index in [0.29, 0.717) is 22.5 Å². The molecule has 3 rings (SSSR count). The number of nitrogens with one attached hydrogen (secondary N) is 1. The van der Waals surface area contributed by atoms with E-state index in [1.165, 1.54) is 0 Å². The third-order valence-electron chi connectivity index (χ3n) is 5.52.